The van der Waals surface area contributed by atoms with Crippen LogP contribution in [0.1, 0.15) is 39.0 Å². The molecular weight excluding hydrogens is 230 g/mol. The van der Waals surface area contributed by atoms with Crippen molar-refractivity contribution in [1.82, 2.24) is 15.5 Å². The molecule has 18 heavy (non-hydrogen) atoms. The Balaban J connectivity index is 1.86. The molecule has 2 N–H and O–H groups in total. The van der Waals surface area contributed by atoms with Gasteiger partial charge in [0.2, 0.25) is 11.8 Å². The average molecular weight is 253 g/mol. The van der Waals surface area contributed by atoms with E-state index in [1.807, 2.05) is 11.8 Å². The second-order valence-electron chi connectivity index (χ2n) is 5.18. The lowest BCUT2D eigenvalue weighted by molar-refractivity contribution is -0.134. The molecule has 2 heterocycles. The predicted octanol–water partition coefficient (Wildman–Crippen LogP) is 0.256. The van der Waals surface area contributed by atoms with Crippen LogP contribution in [0.25, 0.3) is 0 Å². The molecule has 102 valence electrons. The second-order valence-corrected chi connectivity index (χ2v) is 5.18. The average Bonchev–Trinajstić information content (AvgIpc) is 2.83. The van der Waals surface area contributed by atoms with Crippen LogP contribution in [0.15, 0.2) is 0 Å². The van der Waals surface area contributed by atoms with Crippen LogP contribution in [0, 0.1) is 0 Å². The molecule has 2 saturated heterocycles. The molecule has 2 rings (SSSR count). The Hall–Kier alpha value is -1.10. The summed E-state index contributed by atoms with van der Waals surface area (Å²) in [7, 11) is 0. The van der Waals surface area contributed by atoms with Crippen molar-refractivity contribution in [2.75, 3.05) is 19.6 Å². The van der Waals surface area contributed by atoms with Gasteiger partial charge in [0, 0.05) is 25.6 Å². The first kappa shape index (κ1) is 13.3. The van der Waals surface area contributed by atoms with Crippen molar-refractivity contribution in [1.29, 1.82) is 0 Å². The van der Waals surface area contributed by atoms with E-state index in [1.54, 1.807) is 0 Å². The number of rotatable bonds is 4. The van der Waals surface area contributed by atoms with E-state index >= 15 is 0 Å². The minimum atomic E-state index is -0.291. The van der Waals surface area contributed by atoms with Crippen LogP contribution in [-0.2, 0) is 9.59 Å². The Labute approximate surface area is 108 Å². The lowest BCUT2D eigenvalue weighted by Crippen LogP contribution is -2.50. The highest BCUT2D eigenvalue weighted by Gasteiger charge is 2.31. The number of carbonyl (C=O) groups is 2. The van der Waals surface area contributed by atoms with Crippen LogP contribution >= 0.6 is 0 Å². The zero-order valence-corrected chi connectivity index (χ0v) is 11.1. The van der Waals surface area contributed by atoms with Crippen LogP contribution in [0.3, 0.4) is 0 Å². The summed E-state index contributed by atoms with van der Waals surface area (Å²) in [5.41, 5.74) is 0. The summed E-state index contributed by atoms with van der Waals surface area (Å²) in [5.74, 6) is 0.0796. The molecule has 2 fully saturated rings. The minimum Gasteiger partial charge on any atom is -0.344 e. The normalized spacial score (nSPS) is 27.9. The lowest BCUT2D eigenvalue weighted by atomic mass is 10.0. The Morgan fingerprint density at radius 3 is 2.78 bits per heavy atom. The van der Waals surface area contributed by atoms with E-state index in [0.29, 0.717) is 25.4 Å². The van der Waals surface area contributed by atoms with Gasteiger partial charge in [-0.1, -0.05) is 6.42 Å². The van der Waals surface area contributed by atoms with E-state index < -0.39 is 0 Å². The van der Waals surface area contributed by atoms with Crippen molar-refractivity contribution in [2.45, 2.75) is 51.1 Å². The largest absolute Gasteiger partial charge is 0.344 e. The molecule has 2 aliphatic heterocycles. The van der Waals surface area contributed by atoms with Gasteiger partial charge >= 0.3 is 0 Å². The van der Waals surface area contributed by atoms with Gasteiger partial charge in [-0.25, -0.2) is 0 Å². The van der Waals surface area contributed by atoms with Gasteiger partial charge < -0.3 is 15.5 Å². The maximum atomic E-state index is 12.3. The van der Waals surface area contributed by atoms with E-state index in [2.05, 4.69) is 10.6 Å². The second kappa shape index (κ2) is 6.18. The Bertz CT molecular complexity index is 313. The van der Waals surface area contributed by atoms with Crippen LogP contribution in [0.2, 0.25) is 0 Å². The number of hydrogen-bond donors (Lipinski definition) is 2. The first-order valence-electron chi connectivity index (χ1n) is 7.02. The van der Waals surface area contributed by atoms with Crippen LogP contribution < -0.4 is 10.6 Å². The maximum Gasteiger partial charge on any atom is 0.245 e. The molecule has 0 aromatic heterocycles. The van der Waals surface area contributed by atoms with Crippen molar-refractivity contribution in [3.05, 3.63) is 0 Å². The zero-order valence-electron chi connectivity index (χ0n) is 11.1. The van der Waals surface area contributed by atoms with Crippen molar-refractivity contribution in [2.24, 2.45) is 0 Å². The molecule has 0 bridgehead atoms. The summed E-state index contributed by atoms with van der Waals surface area (Å²) in [4.78, 5) is 25.3. The molecule has 0 aliphatic carbocycles. The molecule has 2 amide bonds. The molecule has 2 atom stereocenters. The fourth-order valence-corrected chi connectivity index (χ4v) is 2.74. The van der Waals surface area contributed by atoms with Crippen molar-refractivity contribution in [3.8, 4) is 0 Å². The fourth-order valence-electron chi connectivity index (χ4n) is 2.74. The molecule has 5 nitrogen and oxygen atoms in total. The standard InChI is InChI=1S/C13H23N3O2/c1-2-16(9-10-5-3-4-8-14-10)13(18)11-6-7-12(17)15-11/h10-11,14H,2-9H2,1H3,(H,15,17)/t10?,11-/m0/s1. The topological polar surface area (TPSA) is 61.4 Å². The van der Waals surface area contributed by atoms with Gasteiger partial charge in [-0.2, -0.15) is 0 Å². The molecule has 0 aromatic carbocycles. The number of nitrogens with zero attached hydrogens (tertiary/aromatic N) is 1. The fraction of sp³-hybridized carbons (Fsp3) is 0.846. The number of piperidine rings is 1. The van der Waals surface area contributed by atoms with Gasteiger partial charge in [0.25, 0.3) is 0 Å². The molecular formula is C13H23N3O2. The predicted molar refractivity (Wildman–Crippen MR) is 69.1 cm³/mol. The number of nitrogens with one attached hydrogen (secondary N) is 2. The van der Waals surface area contributed by atoms with Crippen LogP contribution in [0.4, 0.5) is 0 Å². The van der Waals surface area contributed by atoms with E-state index in [4.69, 9.17) is 0 Å². The molecule has 5 heteroatoms. The molecule has 2 aliphatic rings. The van der Waals surface area contributed by atoms with E-state index in [0.717, 1.165) is 19.5 Å². The SMILES string of the molecule is CCN(CC1CCCCN1)C(=O)[C@@H]1CCC(=O)N1. The summed E-state index contributed by atoms with van der Waals surface area (Å²) >= 11 is 0. The maximum absolute atomic E-state index is 12.3. The zero-order chi connectivity index (χ0) is 13.0. The molecule has 0 aromatic rings. The summed E-state index contributed by atoms with van der Waals surface area (Å²) in [6.07, 6.45) is 4.74. The summed E-state index contributed by atoms with van der Waals surface area (Å²) in [6.45, 7) is 4.53. The van der Waals surface area contributed by atoms with E-state index in [1.165, 1.54) is 12.8 Å². The Morgan fingerprint density at radius 1 is 1.39 bits per heavy atom. The van der Waals surface area contributed by atoms with Gasteiger partial charge in [-0.3, -0.25) is 9.59 Å². The van der Waals surface area contributed by atoms with Gasteiger partial charge in [0.1, 0.15) is 6.04 Å². The molecule has 0 radical (unpaired) electrons. The highest BCUT2D eigenvalue weighted by molar-refractivity contribution is 5.90. The third-order valence-electron chi connectivity index (χ3n) is 3.84. The molecule has 1 unspecified atom stereocenters. The van der Waals surface area contributed by atoms with Crippen LogP contribution in [0.5, 0.6) is 0 Å². The van der Waals surface area contributed by atoms with Gasteiger partial charge in [-0.15, -0.1) is 0 Å². The van der Waals surface area contributed by atoms with E-state index in [9.17, 15) is 9.59 Å². The smallest absolute Gasteiger partial charge is 0.245 e. The highest BCUT2D eigenvalue weighted by Crippen LogP contribution is 2.13. The summed E-state index contributed by atoms with van der Waals surface area (Å²) < 4.78 is 0. The van der Waals surface area contributed by atoms with Gasteiger partial charge in [-0.05, 0) is 32.7 Å². The highest BCUT2D eigenvalue weighted by atomic mass is 16.2. The minimum absolute atomic E-state index is 0.000180. The Kier molecular flexibility index (Phi) is 4.58. The lowest BCUT2D eigenvalue weighted by Gasteiger charge is -2.31. The van der Waals surface area contributed by atoms with Crippen LogP contribution in [-0.4, -0.2) is 48.4 Å². The summed E-state index contributed by atoms with van der Waals surface area (Å²) in [6, 6.07) is 0.126. The van der Waals surface area contributed by atoms with Crippen molar-refractivity contribution < 1.29 is 9.59 Å². The third-order valence-corrected chi connectivity index (χ3v) is 3.84. The quantitative estimate of drug-likeness (QED) is 0.755. The number of carbonyl (C=O) groups excluding carboxylic acids is 2. The van der Waals surface area contributed by atoms with Crippen molar-refractivity contribution in [3.63, 3.8) is 0 Å². The first-order valence-corrected chi connectivity index (χ1v) is 7.02. The third kappa shape index (κ3) is 3.22. The number of likely N-dealkylation sites (N-methyl/N-ethyl adjacent to an activating group) is 1. The summed E-state index contributed by atoms with van der Waals surface area (Å²) in [5, 5.41) is 6.21. The number of hydrogen-bond acceptors (Lipinski definition) is 3. The first-order chi connectivity index (χ1) is 8.70. The van der Waals surface area contributed by atoms with Gasteiger partial charge in [0.05, 0.1) is 0 Å². The van der Waals surface area contributed by atoms with Crippen molar-refractivity contribution >= 4 is 11.8 Å². The molecule has 0 saturated carbocycles. The van der Waals surface area contributed by atoms with E-state index in [-0.39, 0.29) is 17.9 Å². The van der Waals surface area contributed by atoms with Gasteiger partial charge in [0.15, 0.2) is 0 Å². The monoisotopic (exact) mass is 253 g/mol. The Morgan fingerprint density at radius 2 is 2.22 bits per heavy atom. The molecule has 0 spiro atoms. The number of amides is 2.